The second kappa shape index (κ2) is 4.58. The molecule has 1 aliphatic heterocycles. The highest BCUT2D eigenvalue weighted by atomic mass is 19.4. The molecule has 122 valence electrons. The van der Waals surface area contributed by atoms with Gasteiger partial charge < -0.3 is 9.84 Å². The number of nitrogens with zero attached hydrogens (tertiary/aromatic N) is 1. The number of non-ortho nitro benzene ring substituents is 1. The summed E-state index contributed by atoms with van der Waals surface area (Å²) in [5.74, 6) is 0.137. The van der Waals surface area contributed by atoms with Crippen LogP contribution in [0.15, 0.2) is 18.2 Å². The largest absolute Gasteiger partial charge is 0.489 e. The molecule has 0 fully saturated rings. The molecule has 0 saturated heterocycles. The third kappa shape index (κ3) is 1.98. The highest BCUT2D eigenvalue weighted by Gasteiger charge is 2.58. The minimum atomic E-state index is -4.97. The fourth-order valence-corrected chi connectivity index (χ4v) is 2.98. The molecule has 0 aromatic heterocycles. The second-order valence-electron chi connectivity index (χ2n) is 5.63. The first-order valence-electron chi connectivity index (χ1n) is 6.71. The third-order valence-corrected chi connectivity index (χ3v) is 4.14. The van der Waals surface area contributed by atoms with E-state index in [9.17, 15) is 28.4 Å². The molecule has 3 rings (SSSR count). The lowest BCUT2D eigenvalue weighted by Crippen LogP contribution is -2.49. The lowest BCUT2D eigenvalue weighted by atomic mass is 9.84. The van der Waals surface area contributed by atoms with Crippen LogP contribution < -0.4 is 4.74 Å². The highest BCUT2D eigenvalue weighted by molar-refractivity contribution is 6.02. The fourth-order valence-electron chi connectivity index (χ4n) is 2.98. The van der Waals surface area contributed by atoms with E-state index in [-0.39, 0.29) is 22.2 Å². The number of benzene rings is 2. The van der Waals surface area contributed by atoms with Crippen molar-refractivity contribution in [3.8, 4) is 5.75 Å². The summed E-state index contributed by atoms with van der Waals surface area (Å²) in [5, 5.41) is 21.4. The summed E-state index contributed by atoms with van der Waals surface area (Å²) in [6.45, 7) is 2.10. The molecule has 1 aliphatic rings. The third-order valence-electron chi connectivity index (χ3n) is 4.14. The van der Waals surface area contributed by atoms with Gasteiger partial charge in [-0.05, 0) is 25.0 Å². The van der Waals surface area contributed by atoms with Crippen molar-refractivity contribution in [2.24, 2.45) is 0 Å². The van der Waals surface area contributed by atoms with Gasteiger partial charge in [0.1, 0.15) is 12.4 Å². The molecule has 1 unspecified atom stereocenters. The molecule has 0 spiro atoms. The lowest BCUT2D eigenvalue weighted by Gasteiger charge is -2.36. The van der Waals surface area contributed by atoms with Crippen LogP contribution in [0, 0.1) is 24.0 Å². The van der Waals surface area contributed by atoms with Crippen LogP contribution in [0.5, 0.6) is 5.75 Å². The zero-order chi connectivity index (χ0) is 17.2. The number of ether oxygens (including phenoxy) is 1. The van der Waals surface area contributed by atoms with Crippen LogP contribution in [0.2, 0.25) is 0 Å². The molecule has 2 aromatic carbocycles. The first-order valence-corrected chi connectivity index (χ1v) is 6.71. The van der Waals surface area contributed by atoms with Crippen molar-refractivity contribution in [3.05, 3.63) is 45.0 Å². The van der Waals surface area contributed by atoms with Gasteiger partial charge in [-0.15, -0.1) is 0 Å². The number of nitro groups is 1. The Balaban J connectivity index is 2.52. The molecule has 1 N–H and O–H groups in total. The topological polar surface area (TPSA) is 72.6 Å². The monoisotopic (exact) mass is 327 g/mol. The van der Waals surface area contributed by atoms with Crippen LogP contribution in [0.4, 0.5) is 18.9 Å². The van der Waals surface area contributed by atoms with Crippen molar-refractivity contribution in [2.75, 3.05) is 6.61 Å². The minimum absolute atomic E-state index is 0.0514. The van der Waals surface area contributed by atoms with Crippen LogP contribution in [-0.4, -0.2) is 22.8 Å². The number of aliphatic hydroxyl groups is 1. The van der Waals surface area contributed by atoms with E-state index in [2.05, 4.69) is 0 Å². The van der Waals surface area contributed by atoms with E-state index in [0.29, 0.717) is 11.1 Å². The zero-order valence-electron chi connectivity index (χ0n) is 12.2. The molecule has 0 amide bonds. The van der Waals surface area contributed by atoms with Crippen LogP contribution in [0.25, 0.3) is 10.8 Å². The van der Waals surface area contributed by atoms with Gasteiger partial charge in [0.2, 0.25) is 5.60 Å². The maximum Gasteiger partial charge on any atom is 0.424 e. The fraction of sp³-hybridized carbons (Fsp3) is 0.333. The summed E-state index contributed by atoms with van der Waals surface area (Å²) in [6.07, 6.45) is -4.97. The van der Waals surface area contributed by atoms with Crippen molar-refractivity contribution in [1.82, 2.24) is 0 Å². The first kappa shape index (κ1) is 15.5. The zero-order valence-corrected chi connectivity index (χ0v) is 12.2. The van der Waals surface area contributed by atoms with Crippen LogP contribution >= 0.6 is 0 Å². The molecule has 0 saturated carbocycles. The first-order chi connectivity index (χ1) is 10.6. The van der Waals surface area contributed by atoms with Gasteiger partial charge in [-0.3, -0.25) is 10.1 Å². The molecule has 0 radical (unpaired) electrons. The number of hydrogen-bond donors (Lipinski definition) is 1. The Morgan fingerprint density at radius 1 is 1.26 bits per heavy atom. The lowest BCUT2D eigenvalue weighted by molar-refractivity contribution is -0.383. The van der Waals surface area contributed by atoms with Crippen LogP contribution in [0.1, 0.15) is 16.7 Å². The van der Waals surface area contributed by atoms with Gasteiger partial charge in [0.25, 0.3) is 5.69 Å². The molecular formula is C15H12F3NO4. The summed E-state index contributed by atoms with van der Waals surface area (Å²) in [4.78, 5) is 10.6. The van der Waals surface area contributed by atoms with Crippen molar-refractivity contribution in [3.63, 3.8) is 0 Å². The van der Waals surface area contributed by atoms with Gasteiger partial charge in [-0.1, -0.05) is 12.1 Å². The van der Waals surface area contributed by atoms with Crippen LogP contribution in [-0.2, 0) is 5.60 Å². The number of halogens is 3. The van der Waals surface area contributed by atoms with Crippen molar-refractivity contribution in [2.45, 2.75) is 25.6 Å². The van der Waals surface area contributed by atoms with E-state index >= 15 is 0 Å². The van der Waals surface area contributed by atoms with Gasteiger partial charge in [0.05, 0.1) is 10.3 Å². The molecular weight excluding hydrogens is 315 g/mol. The quantitative estimate of drug-likeness (QED) is 0.642. The van der Waals surface area contributed by atoms with Gasteiger partial charge in [-0.2, -0.15) is 13.2 Å². The predicted octanol–water partition coefficient (Wildman–Crippen LogP) is 3.51. The van der Waals surface area contributed by atoms with Gasteiger partial charge in [0.15, 0.2) is 0 Å². The van der Waals surface area contributed by atoms with E-state index in [4.69, 9.17) is 4.74 Å². The average Bonchev–Trinajstić information content (AvgIpc) is 2.44. The standard InChI is InChI=1S/C15H12F3NO4/c1-7-3-4-9-12-11(7)10(19(21)22)5-8(2)13(12)23-6-14(9,20)15(16,17)18/h3-5,20H,6H2,1-2H3. The number of hydrogen-bond acceptors (Lipinski definition) is 4. The Morgan fingerprint density at radius 2 is 1.91 bits per heavy atom. The molecule has 5 nitrogen and oxygen atoms in total. The minimum Gasteiger partial charge on any atom is -0.489 e. The number of aryl methyl sites for hydroxylation is 2. The Hall–Kier alpha value is -2.35. The molecule has 23 heavy (non-hydrogen) atoms. The Bertz CT molecular complexity index is 847. The Labute approximate surface area is 128 Å². The molecule has 0 bridgehead atoms. The van der Waals surface area contributed by atoms with E-state index in [1.807, 2.05) is 0 Å². The summed E-state index contributed by atoms with van der Waals surface area (Å²) >= 11 is 0. The van der Waals surface area contributed by atoms with E-state index in [1.165, 1.54) is 19.1 Å². The SMILES string of the molecule is Cc1cc([N+](=O)[O-])c2c(C)ccc3c2c1OCC3(O)C(F)(F)F. The number of rotatable bonds is 1. The molecule has 1 atom stereocenters. The van der Waals surface area contributed by atoms with Gasteiger partial charge >= 0.3 is 6.18 Å². The van der Waals surface area contributed by atoms with E-state index in [0.717, 1.165) is 6.07 Å². The second-order valence-corrected chi connectivity index (χ2v) is 5.63. The van der Waals surface area contributed by atoms with E-state index in [1.54, 1.807) is 6.92 Å². The predicted molar refractivity (Wildman–Crippen MR) is 75.5 cm³/mol. The molecule has 1 heterocycles. The molecule has 0 aliphatic carbocycles. The van der Waals surface area contributed by atoms with Crippen molar-refractivity contribution < 1.29 is 27.9 Å². The van der Waals surface area contributed by atoms with Gasteiger partial charge in [0, 0.05) is 17.0 Å². The molecule has 8 heteroatoms. The summed E-state index contributed by atoms with van der Waals surface area (Å²) in [5.41, 5.74) is -3.14. The summed E-state index contributed by atoms with van der Waals surface area (Å²) < 4.78 is 45.2. The van der Waals surface area contributed by atoms with Gasteiger partial charge in [-0.25, -0.2) is 0 Å². The smallest absolute Gasteiger partial charge is 0.424 e. The summed E-state index contributed by atoms with van der Waals surface area (Å²) in [7, 11) is 0. The normalized spacial score (nSPS) is 20.4. The Morgan fingerprint density at radius 3 is 2.48 bits per heavy atom. The number of alkyl halides is 3. The maximum absolute atomic E-state index is 13.3. The van der Waals surface area contributed by atoms with E-state index < -0.39 is 28.9 Å². The highest BCUT2D eigenvalue weighted by Crippen LogP contribution is 2.50. The number of nitro benzene ring substituents is 1. The maximum atomic E-state index is 13.3. The van der Waals surface area contributed by atoms with Crippen molar-refractivity contribution in [1.29, 1.82) is 0 Å². The summed E-state index contributed by atoms with van der Waals surface area (Å²) in [6, 6.07) is 3.76. The van der Waals surface area contributed by atoms with Crippen LogP contribution in [0.3, 0.4) is 0 Å². The van der Waals surface area contributed by atoms with Crippen molar-refractivity contribution >= 4 is 16.5 Å². The molecule has 2 aromatic rings. The average molecular weight is 327 g/mol. The Kier molecular flexibility index (Phi) is 3.09.